The summed E-state index contributed by atoms with van der Waals surface area (Å²) < 4.78 is 8.12. The van der Waals surface area contributed by atoms with Crippen LogP contribution in [0.5, 0.6) is 0 Å². The van der Waals surface area contributed by atoms with Crippen LogP contribution in [0.4, 0.5) is 16.6 Å². The third-order valence-electron chi connectivity index (χ3n) is 9.79. The molecule has 11 nitrogen and oxygen atoms in total. The molecule has 0 radical (unpaired) electrons. The number of nitrogens with zero attached hydrogens (tertiary/aromatic N) is 7. The maximum absolute atomic E-state index is 13.4. The minimum absolute atomic E-state index is 0.0230. The Hall–Kier alpha value is -3.73. The highest BCUT2D eigenvalue weighted by Crippen LogP contribution is 2.52. The molecule has 2 aliphatic carbocycles. The summed E-state index contributed by atoms with van der Waals surface area (Å²) in [4.78, 5) is 46.3. The quantitative estimate of drug-likeness (QED) is 0.411. The number of nitrogens with one attached hydrogen (secondary N) is 1. The van der Waals surface area contributed by atoms with Gasteiger partial charge in [-0.3, -0.25) is 9.69 Å². The Morgan fingerprint density at radius 3 is 2.41 bits per heavy atom. The monoisotopic (exact) mass is 600 g/mol. The van der Waals surface area contributed by atoms with Gasteiger partial charge in [0.05, 0.1) is 17.6 Å². The standard InChI is InChI=1S/C33H44N8O3/c1-33(2,3)44-32(43)40-24-9-10-25(40)19-39(18-24)30(42)22-8-11-28(34-15-22)36-31-35-16-23-14-26(17-38(4)5)41(29(23)37-31)27-13-20-6-7-21(27)12-20/h8,11,14-16,20-21,24-25,27H,6-7,9-10,12-13,17-19H2,1-5H3,(H,34,35,36,37). The molecular weight excluding hydrogens is 556 g/mol. The Bertz CT molecular complexity index is 1550. The Balaban J connectivity index is 1.05. The van der Waals surface area contributed by atoms with Crippen LogP contribution < -0.4 is 5.32 Å². The number of anilines is 2. The van der Waals surface area contributed by atoms with E-state index in [0.29, 0.717) is 36.5 Å². The molecule has 3 aromatic rings. The lowest BCUT2D eigenvalue weighted by Crippen LogP contribution is -2.57. The lowest BCUT2D eigenvalue weighted by molar-refractivity contribution is -0.00336. The second-order valence-corrected chi connectivity index (χ2v) is 14.5. The Morgan fingerprint density at radius 2 is 1.80 bits per heavy atom. The highest BCUT2D eigenvalue weighted by atomic mass is 16.6. The molecule has 2 saturated heterocycles. The van der Waals surface area contributed by atoms with Crippen molar-refractivity contribution >= 4 is 34.8 Å². The first-order chi connectivity index (χ1) is 21.0. The second kappa shape index (κ2) is 11.0. The molecule has 2 saturated carbocycles. The number of hydrogen-bond acceptors (Lipinski definition) is 8. The van der Waals surface area contributed by atoms with Gasteiger partial charge in [-0.25, -0.2) is 14.8 Å². The minimum atomic E-state index is -0.545. The first-order valence-electron chi connectivity index (χ1n) is 16.1. The highest BCUT2D eigenvalue weighted by Gasteiger charge is 2.45. The molecule has 3 aromatic heterocycles. The van der Waals surface area contributed by atoms with Crippen molar-refractivity contribution in [3.8, 4) is 0 Å². The van der Waals surface area contributed by atoms with E-state index in [1.807, 2.05) is 36.8 Å². The molecular formula is C33H44N8O3. The summed E-state index contributed by atoms with van der Waals surface area (Å²) in [5, 5.41) is 4.32. The molecule has 2 aliphatic heterocycles. The third-order valence-corrected chi connectivity index (χ3v) is 9.79. The molecule has 11 heteroatoms. The molecule has 0 spiro atoms. The number of ether oxygens (including phenoxy) is 1. The minimum Gasteiger partial charge on any atom is -0.444 e. The van der Waals surface area contributed by atoms with Crippen LogP contribution >= 0.6 is 0 Å². The average Bonchev–Trinajstić information content (AvgIpc) is 3.73. The van der Waals surface area contributed by atoms with Gasteiger partial charge >= 0.3 is 6.09 Å². The van der Waals surface area contributed by atoms with E-state index in [1.165, 1.54) is 31.4 Å². The largest absolute Gasteiger partial charge is 0.444 e. The summed E-state index contributed by atoms with van der Waals surface area (Å²) in [6, 6.07) is 6.29. The number of aromatic nitrogens is 4. The lowest BCUT2D eigenvalue weighted by atomic mass is 9.95. The van der Waals surface area contributed by atoms with Gasteiger partial charge in [-0.2, -0.15) is 4.98 Å². The van der Waals surface area contributed by atoms with Gasteiger partial charge in [0, 0.05) is 49.1 Å². The zero-order chi connectivity index (χ0) is 30.7. The fraction of sp³-hybridized carbons (Fsp3) is 0.606. The molecule has 4 bridgehead atoms. The normalized spacial score (nSPS) is 26.2. The van der Waals surface area contributed by atoms with Gasteiger partial charge in [0.1, 0.15) is 17.1 Å². The fourth-order valence-electron chi connectivity index (χ4n) is 8.04. The molecule has 5 unspecified atom stereocenters. The molecule has 7 rings (SSSR count). The third kappa shape index (κ3) is 5.50. The number of hydrogen-bond donors (Lipinski definition) is 1. The summed E-state index contributed by atoms with van der Waals surface area (Å²) in [7, 11) is 4.21. The van der Waals surface area contributed by atoms with Crippen LogP contribution in [0, 0.1) is 11.8 Å². The van der Waals surface area contributed by atoms with E-state index >= 15 is 0 Å². The van der Waals surface area contributed by atoms with E-state index in [9.17, 15) is 9.59 Å². The Kier molecular flexibility index (Phi) is 7.26. The van der Waals surface area contributed by atoms with Crippen molar-refractivity contribution in [3.05, 3.63) is 41.9 Å². The topological polar surface area (TPSA) is 109 Å². The number of rotatable bonds is 6. The van der Waals surface area contributed by atoms with Crippen LogP contribution in [0.1, 0.15) is 81.4 Å². The molecule has 1 N–H and O–H groups in total. The number of piperazine rings is 1. The van der Waals surface area contributed by atoms with E-state index in [0.717, 1.165) is 42.3 Å². The smallest absolute Gasteiger partial charge is 0.410 e. The van der Waals surface area contributed by atoms with E-state index < -0.39 is 5.60 Å². The van der Waals surface area contributed by atoms with Crippen LogP contribution in [-0.4, -0.2) is 91.1 Å². The van der Waals surface area contributed by atoms with E-state index in [-0.39, 0.29) is 24.1 Å². The SMILES string of the molecule is CN(C)Cc1cc2cnc(Nc3ccc(C(=O)N4CC5CCC(C4)N5C(=O)OC(C)(C)C)cn3)nc2n1C1CC2CCC1C2. The number of likely N-dealkylation sites (tertiary alicyclic amines) is 1. The van der Waals surface area contributed by atoms with Gasteiger partial charge in [-0.15, -0.1) is 0 Å². The number of carbonyl (C=O) groups is 2. The molecule has 234 valence electrons. The van der Waals surface area contributed by atoms with Crippen molar-refractivity contribution in [1.29, 1.82) is 0 Å². The summed E-state index contributed by atoms with van der Waals surface area (Å²) in [6.45, 7) is 7.49. The van der Waals surface area contributed by atoms with Crippen molar-refractivity contribution in [2.24, 2.45) is 11.8 Å². The van der Waals surface area contributed by atoms with Crippen LogP contribution in [0.2, 0.25) is 0 Å². The number of amides is 2. The van der Waals surface area contributed by atoms with E-state index in [2.05, 4.69) is 44.9 Å². The van der Waals surface area contributed by atoms with E-state index in [1.54, 1.807) is 18.3 Å². The molecule has 4 aliphatic rings. The Labute approximate surface area is 259 Å². The van der Waals surface area contributed by atoms with Crippen LogP contribution in [-0.2, 0) is 11.3 Å². The van der Waals surface area contributed by atoms with Gasteiger partial charge < -0.3 is 24.4 Å². The van der Waals surface area contributed by atoms with Gasteiger partial charge in [-0.1, -0.05) is 6.42 Å². The zero-order valence-corrected chi connectivity index (χ0v) is 26.5. The predicted molar refractivity (Wildman–Crippen MR) is 168 cm³/mol. The number of pyridine rings is 1. The zero-order valence-electron chi connectivity index (χ0n) is 26.5. The number of carbonyl (C=O) groups excluding carboxylic acids is 2. The van der Waals surface area contributed by atoms with Crippen molar-refractivity contribution in [2.75, 3.05) is 32.5 Å². The first kappa shape index (κ1) is 29.0. The van der Waals surface area contributed by atoms with Crippen LogP contribution in [0.25, 0.3) is 11.0 Å². The fourth-order valence-corrected chi connectivity index (χ4v) is 8.04. The summed E-state index contributed by atoms with van der Waals surface area (Å²) in [5.41, 5.74) is 2.24. The molecule has 5 atom stereocenters. The summed E-state index contributed by atoms with van der Waals surface area (Å²) in [5.74, 6) is 2.58. The van der Waals surface area contributed by atoms with Crippen LogP contribution in [0.15, 0.2) is 30.6 Å². The summed E-state index contributed by atoms with van der Waals surface area (Å²) >= 11 is 0. The van der Waals surface area contributed by atoms with Gasteiger partial charge in [0.15, 0.2) is 0 Å². The van der Waals surface area contributed by atoms with E-state index in [4.69, 9.17) is 9.72 Å². The van der Waals surface area contributed by atoms with Gasteiger partial charge in [0.2, 0.25) is 5.95 Å². The number of fused-ring (bicyclic) bond motifs is 5. The maximum atomic E-state index is 13.4. The predicted octanol–water partition coefficient (Wildman–Crippen LogP) is 5.22. The summed E-state index contributed by atoms with van der Waals surface area (Å²) in [6.07, 6.45) is 10.2. The molecule has 44 heavy (non-hydrogen) atoms. The maximum Gasteiger partial charge on any atom is 0.410 e. The molecule has 5 heterocycles. The molecule has 2 amide bonds. The first-order valence-corrected chi connectivity index (χ1v) is 16.1. The van der Waals surface area contributed by atoms with Gasteiger partial charge in [0.25, 0.3) is 5.91 Å². The molecule has 4 fully saturated rings. The van der Waals surface area contributed by atoms with Gasteiger partial charge in [-0.05, 0) is 97.0 Å². The average molecular weight is 601 g/mol. The Morgan fingerprint density at radius 1 is 1.02 bits per heavy atom. The van der Waals surface area contributed by atoms with Crippen molar-refractivity contribution in [2.45, 2.75) is 89.6 Å². The van der Waals surface area contributed by atoms with Crippen molar-refractivity contribution in [3.63, 3.8) is 0 Å². The molecule has 0 aromatic carbocycles. The van der Waals surface area contributed by atoms with Crippen molar-refractivity contribution < 1.29 is 14.3 Å². The van der Waals surface area contributed by atoms with Crippen molar-refractivity contribution in [1.82, 2.24) is 34.2 Å². The highest BCUT2D eigenvalue weighted by molar-refractivity contribution is 5.94. The second-order valence-electron chi connectivity index (χ2n) is 14.5. The van der Waals surface area contributed by atoms with Crippen LogP contribution in [0.3, 0.4) is 0 Å². The lowest BCUT2D eigenvalue weighted by Gasteiger charge is -2.41.